The Hall–Kier alpha value is -3.60. The zero-order chi connectivity index (χ0) is 47.9. The van der Waals surface area contributed by atoms with E-state index in [9.17, 15) is 53.9 Å². The van der Waals surface area contributed by atoms with Crippen LogP contribution in [0.2, 0.25) is 0 Å². The summed E-state index contributed by atoms with van der Waals surface area (Å²) in [4.78, 5) is 28.4. The summed E-state index contributed by atoms with van der Waals surface area (Å²) in [5.74, 6) is -0.201. The molecule has 1 heterocycles. The van der Waals surface area contributed by atoms with Crippen LogP contribution in [0.1, 0.15) is 37.8 Å². The van der Waals surface area contributed by atoms with Crippen molar-refractivity contribution in [2.75, 3.05) is 135 Å². The van der Waals surface area contributed by atoms with Gasteiger partial charge in [0.15, 0.2) is 9.84 Å². The number of rotatable bonds is 25. The maximum atomic E-state index is 13.6. The topological polar surface area (TPSA) is 267 Å². The molecule has 1 aliphatic heterocycles. The molecule has 26 heteroatoms. The molecule has 3 rings (SSSR count). The second kappa shape index (κ2) is 24.6. The van der Waals surface area contributed by atoms with E-state index in [-0.39, 0.29) is 66.3 Å². The summed E-state index contributed by atoms with van der Waals surface area (Å²) in [5, 5.41) is 22.8. The number of non-ortho nitro benzene ring substituents is 2. The highest BCUT2D eigenvalue weighted by Crippen LogP contribution is 2.36. The number of benzene rings is 2. The molecule has 63 heavy (non-hydrogen) atoms. The Labute approximate surface area is 372 Å². The van der Waals surface area contributed by atoms with Crippen LogP contribution in [0.3, 0.4) is 0 Å². The lowest BCUT2D eigenvalue weighted by molar-refractivity contribution is -0.385. The molecule has 0 aliphatic carbocycles. The summed E-state index contributed by atoms with van der Waals surface area (Å²) >= 11 is 0. The van der Waals surface area contributed by atoms with Gasteiger partial charge in [-0.1, -0.05) is 13.8 Å². The lowest BCUT2D eigenvalue weighted by Crippen LogP contribution is -2.42. The van der Waals surface area contributed by atoms with Gasteiger partial charge in [-0.15, -0.1) is 0 Å². The number of morpholine rings is 1. The van der Waals surface area contributed by atoms with Crippen molar-refractivity contribution in [3.05, 3.63) is 55.6 Å². The van der Waals surface area contributed by atoms with Gasteiger partial charge in [-0.3, -0.25) is 33.5 Å². The first-order valence-corrected chi connectivity index (χ1v) is 26.8. The average Bonchev–Trinajstić information content (AvgIpc) is 3.17. The molecule has 0 spiro atoms. The van der Waals surface area contributed by atoms with E-state index in [1.165, 1.54) is 23.5 Å². The summed E-state index contributed by atoms with van der Waals surface area (Å²) < 4.78 is 115. The number of sulfone groups is 1. The summed E-state index contributed by atoms with van der Waals surface area (Å²) in [6, 6.07) is 4.79. The minimum atomic E-state index is -4.10. The van der Waals surface area contributed by atoms with Gasteiger partial charge < -0.3 is 19.4 Å². The maximum absolute atomic E-state index is 13.6. The largest absolute Gasteiger partial charge is 0.379 e. The number of ether oxygens (including phenoxy) is 1. The van der Waals surface area contributed by atoms with Gasteiger partial charge in [0.05, 0.1) is 70.8 Å². The smallest absolute Gasteiger partial charge is 0.271 e. The van der Waals surface area contributed by atoms with Gasteiger partial charge in [0.25, 0.3) is 31.6 Å². The molecule has 0 amide bonds. The number of hydrogen-bond donors (Lipinski definition) is 0. The quantitative estimate of drug-likeness (QED) is 0.0786. The number of sulfonamides is 1. The molecule has 2 aromatic carbocycles. The van der Waals surface area contributed by atoms with E-state index in [1.54, 1.807) is 42.6 Å². The van der Waals surface area contributed by atoms with Gasteiger partial charge in [0.1, 0.15) is 4.90 Å². The fourth-order valence-electron chi connectivity index (χ4n) is 6.53. The summed E-state index contributed by atoms with van der Waals surface area (Å²) in [6.07, 6.45) is 3.17. The van der Waals surface area contributed by atoms with Gasteiger partial charge >= 0.3 is 0 Å². The summed E-state index contributed by atoms with van der Waals surface area (Å²) in [7, 11) is -10.3. The molecule has 1 aliphatic rings. The van der Waals surface area contributed by atoms with Gasteiger partial charge in [0.2, 0.25) is 10.0 Å². The van der Waals surface area contributed by atoms with E-state index in [0.717, 1.165) is 24.6 Å². The van der Waals surface area contributed by atoms with Crippen LogP contribution in [0, 0.1) is 34.1 Å². The minimum absolute atomic E-state index is 0.0968. The number of hydrogen-bond acceptors (Lipinski definition) is 19. The summed E-state index contributed by atoms with van der Waals surface area (Å²) in [6.45, 7) is 11.3. The van der Waals surface area contributed by atoms with Crippen LogP contribution in [0.5, 0.6) is 0 Å². The van der Waals surface area contributed by atoms with Crippen molar-refractivity contribution in [3.8, 4) is 0 Å². The van der Waals surface area contributed by atoms with Crippen molar-refractivity contribution >= 4 is 62.8 Å². The predicted molar refractivity (Wildman–Crippen MR) is 240 cm³/mol. The molecule has 0 unspecified atom stereocenters. The molecule has 360 valence electrons. The third-order valence-electron chi connectivity index (χ3n) is 9.52. The highest BCUT2D eigenvalue weighted by molar-refractivity contribution is 7.91. The zero-order valence-electron chi connectivity index (χ0n) is 37.5. The number of aryl methyl sites for hydroxylation is 2. The monoisotopic (exact) mass is 973 g/mol. The van der Waals surface area contributed by atoms with E-state index >= 15 is 0 Å². The van der Waals surface area contributed by atoms with E-state index in [1.807, 2.05) is 13.8 Å². The second-order valence-corrected chi connectivity index (χ2v) is 22.5. The molecule has 0 aromatic heterocycles. The number of nitro groups is 2. The molecular formula is C37H63N7O15S4. The molecule has 0 saturated carbocycles. The van der Waals surface area contributed by atoms with Crippen LogP contribution < -0.4 is 9.80 Å². The lowest BCUT2D eigenvalue weighted by Gasteiger charge is -2.31. The number of nitrogens with zero attached hydrogens (tertiary/aromatic N) is 7. The van der Waals surface area contributed by atoms with E-state index in [2.05, 4.69) is 4.90 Å². The van der Waals surface area contributed by atoms with Crippen LogP contribution in [-0.4, -0.2) is 182 Å². The Balaban J connectivity index is 0.000000439. The van der Waals surface area contributed by atoms with Crippen LogP contribution in [0.4, 0.5) is 22.7 Å². The molecule has 1 saturated heterocycles. The van der Waals surface area contributed by atoms with Crippen LogP contribution in [0.15, 0.2) is 34.1 Å². The number of anilines is 2. The fraction of sp³-hybridized carbons (Fsp3) is 0.676. The molecule has 22 nitrogen and oxygen atoms in total. The third kappa shape index (κ3) is 18.1. The maximum Gasteiger partial charge on any atom is 0.271 e. The molecular weight excluding hydrogens is 911 g/mol. The number of nitro benzene ring substituents is 2. The molecule has 0 bridgehead atoms. The Kier molecular flexibility index (Phi) is 21.7. The lowest BCUT2D eigenvalue weighted by atomic mass is 10.1. The first-order chi connectivity index (χ1) is 29.1. The van der Waals surface area contributed by atoms with Crippen molar-refractivity contribution in [1.29, 1.82) is 0 Å². The third-order valence-corrected chi connectivity index (χ3v) is 14.3. The van der Waals surface area contributed by atoms with Crippen LogP contribution >= 0.6 is 0 Å². The van der Waals surface area contributed by atoms with Gasteiger partial charge in [-0.25, -0.2) is 16.8 Å². The fourth-order valence-corrected chi connectivity index (χ4v) is 10.5. The highest BCUT2D eigenvalue weighted by Gasteiger charge is 2.31. The van der Waals surface area contributed by atoms with Gasteiger partial charge in [0, 0.05) is 90.2 Å². The summed E-state index contributed by atoms with van der Waals surface area (Å²) in [5.41, 5.74) is 0.845. The SMILES string of the molecule is CCCN(CCOS(C)(=O)=O)c1c(C)cc([N+](=O)[O-])cc1S(=O)(=O)CCN(C)C.CCCN(CCOS(C)(=O)=O)c1c(C)cc([N+](=O)[O-])cc1S(=O)(=O)N(C)CCN1CCOCC1. The zero-order valence-corrected chi connectivity index (χ0v) is 40.8. The van der Waals surface area contributed by atoms with Crippen molar-refractivity contribution in [3.63, 3.8) is 0 Å². The normalized spacial score (nSPS) is 14.1. The highest BCUT2D eigenvalue weighted by atomic mass is 32.2. The van der Waals surface area contributed by atoms with Crippen molar-refractivity contribution in [2.45, 2.75) is 50.3 Å². The molecule has 0 radical (unpaired) electrons. The Bertz CT molecular complexity index is 2310. The van der Waals surface area contributed by atoms with Crippen molar-refractivity contribution in [2.24, 2.45) is 0 Å². The Morgan fingerprint density at radius 1 is 0.667 bits per heavy atom. The second-order valence-electron chi connectivity index (χ2n) is 15.2. The van der Waals surface area contributed by atoms with Crippen molar-refractivity contribution in [1.82, 2.24) is 14.1 Å². The van der Waals surface area contributed by atoms with Gasteiger partial charge in [-0.05, 0) is 51.9 Å². The van der Waals surface area contributed by atoms with Crippen molar-refractivity contribution < 1.29 is 56.6 Å². The molecule has 0 atom stereocenters. The van der Waals surface area contributed by atoms with E-state index in [4.69, 9.17) is 13.1 Å². The molecule has 0 N–H and O–H groups in total. The molecule has 2 aromatic rings. The Morgan fingerprint density at radius 2 is 1.10 bits per heavy atom. The van der Waals surface area contributed by atoms with E-state index < -0.39 is 49.9 Å². The minimum Gasteiger partial charge on any atom is -0.379 e. The average molecular weight is 974 g/mol. The Morgan fingerprint density at radius 3 is 1.49 bits per heavy atom. The molecule has 1 fully saturated rings. The standard InChI is InChI=1S/C20H34N4O8S2.C17H29N3O7S2/c1-5-6-23(11-14-32-33(4,27)28)20-17(2)15-18(24(25)26)16-19(20)34(29,30)21(3)7-8-22-9-12-31-13-10-22;1-6-7-19(8-10-27-28(5,23)24)17-14(2)12-15(20(21)22)13-16(17)29(25,26)11-9-18(3)4/h15-16H,5-14H2,1-4H3;12-13H,6-11H2,1-5H3. The first kappa shape index (κ1) is 55.5. The number of likely N-dealkylation sites (N-methyl/N-ethyl adjacent to an activating group) is 1. The predicted octanol–water partition coefficient (Wildman–Crippen LogP) is 2.48. The van der Waals surface area contributed by atoms with Gasteiger partial charge in [-0.2, -0.15) is 21.1 Å². The van der Waals surface area contributed by atoms with Crippen LogP contribution in [-0.2, 0) is 53.2 Å². The van der Waals surface area contributed by atoms with Crippen LogP contribution in [0.25, 0.3) is 0 Å². The first-order valence-electron chi connectivity index (χ1n) is 20.1. The van der Waals surface area contributed by atoms with E-state index in [0.29, 0.717) is 81.3 Å².